The van der Waals surface area contributed by atoms with E-state index in [1.54, 1.807) is 0 Å². The third-order valence-corrected chi connectivity index (χ3v) is 4.62. The van der Waals surface area contributed by atoms with Crippen LogP contribution in [0.2, 0.25) is 0 Å². The number of benzene rings is 1. The molecule has 0 unspecified atom stereocenters. The summed E-state index contributed by atoms with van der Waals surface area (Å²) in [6, 6.07) is 6.18. The molecule has 1 fully saturated rings. The van der Waals surface area contributed by atoms with Crippen LogP contribution in [0.4, 0.5) is 0 Å². The molecule has 0 atom stereocenters. The lowest BCUT2D eigenvalue weighted by molar-refractivity contribution is 0.220. The van der Waals surface area contributed by atoms with Crippen LogP contribution in [0.15, 0.2) is 23.0 Å². The molecule has 21 heavy (non-hydrogen) atoms. The first kappa shape index (κ1) is 14.3. The van der Waals surface area contributed by atoms with E-state index in [0.717, 1.165) is 48.2 Å². The molecule has 0 saturated carbocycles. The molecule has 0 spiro atoms. The Labute approximate surface area is 126 Å². The van der Waals surface area contributed by atoms with Crippen molar-refractivity contribution in [1.29, 1.82) is 0 Å². The number of aromatic amines is 1. The first-order valence-electron chi connectivity index (χ1n) is 8.06. The molecule has 3 nitrogen and oxygen atoms in total. The van der Waals surface area contributed by atoms with Crippen LogP contribution in [0.25, 0.3) is 10.9 Å². The molecule has 1 aromatic carbocycles. The van der Waals surface area contributed by atoms with E-state index in [1.165, 1.54) is 24.8 Å². The predicted molar refractivity (Wildman–Crippen MR) is 87.8 cm³/mol. The van der Waals surface area contributed by atoms with Crippen LogP contribution >= 0.6 is 0 Å². The van der Waals surface area contributed by atoms with E-state index >= 15 is 0 Å². The molecule has 1 aliphatic rings. The average molecular weight is 284 g/mol. The van der Waals surface area contributed by atoms with Crippen LogP contribution in [-0.4, -0.2) is 23.0 Å². The SMILES string of the molecule is CCc1ccc2[nH]c(C)c(CN3CCCCC3)c(=O)c2c1. The first-order chi connectivity index (χ1) is 10.2. The summed E-state index contributed by atoms with van der Waals surface area (Å²) in [7, 11) is 0. The van der Waals surface area contributed by atoms with Crippen molar-refractivity contribution in [3.05, 3.63) is 45.2 Å². The molecule has 0 amide bonds. The average Bonchev–Trinajstić information content (AvgIpc) is 2.52. The number of piperidine rings is 1. The number of aryl methyl sites for hydroxylation is 2. The topological polar surface area (TPSA) is 36.1 Å². The monoisotopic (exact) mass is 284 g/mol. The van der Waals surface area contributed by atoms with Gasteiger partial charge in [-0.2, -0.15) is 0 Å². The van der Waals surface area contributed by atoms with Crippen LogP contribution in [0.1, 0.15) is 43.0 Å². The summed E-state index contributed by atoms with van der Waals surface area (Å²) in [6.07, 6.45) is 4.79. The van der Waals surface area contributed by atoms with Gasteiger partial charge >= 0.3 is 0 Å². The molecule has 0 aliphatic carbocycles. The summed E-state index contributed by atoms with van der Waals surface area (Å²) >= 11 is 0. The van der Waals surface area contributed by atoms with Gasteiger partial charge in [-0.25, -0.2) is 0 Å². The molecule has 0 radical (unpaired) electrons. The van der Waals surface area contributed by atoms with Gasteiger partial charge in [0.15, 0.2) is 5.43 Å². The molecular formula is C18H24N2O. The van der Waals surface area contributed by atoms with Gasteiger partial charge in [0.25, 0.3) is 0 Å². The normalized spacial score (nSPS) is 16.5. The number of nitrogens with zero attached hydrogens (tertiary/aromatic N) is 1. The van der Waals surface area contributed by atoms with Crippen molar-refractivity contribution in [2.75, 3.05) is 13.1 Å². The second-order valence-corrected chi connectivity index (χ2v) is 6.13. The number of pyridine rings is 1. The van der Waals surface area contributed by atoms with Gasteiger partial charge in [-0.05, 0) is 57.0 Å². The first-order valence-corrected chi connectivity index (χ1v) is 8.06. The smallest absolute Gasteiger partial charge is 0.194 e. The summed E-state index contributed by atoms with van der Waals surface area (Å²) in [6.45, 7) is 7.16. The number of H-pyrrole nitrogens is 1. The van der Waals surface area contributed by atoms with Crippen molar-refractivity contribution >= 4 is 10.9 Å². The molecule has 0 bridgehead atoms. The maximum atomic E-state index is 12.8. The van der Waals surface area contributed by atoms with Crippen molar-refractivity contribution in [2.45, 2.75) is 46.1 Å². The van der Waals surface area contributed by atoms with Crippen LogP contribution in [0, 0.1) is 6.92 Å². The number of rotatable bonds is 3. The predicted octanol–water partition coefficient (Wildman–Crippen LogP) is 3.38. The minimum absolute atomic E-state index is 0.210. The Hall–Kier alpha value is -1.61. The van der Waals surface area contributed by atoms with Crippen LogP contribution in [0.5, 0.6) is 0 Å². The highest BCUT2D eigenvalue weighted by Crippen LogP contribution is 2.17. The lowest BCUT2D eigenvalue weighted by Crippen LogP contribution is -2.32. The lowest BCUT2D eigenvalue weighted by Gasteiger charge is -2.26. The molecule has 1 saturated heterocycles. The third kappa shape index (κ3) is 2.88. The van der Waals surface area contributed by atoms with Gasteiger partial charge < -0.3 is 4.98 Å². The van der Waals surface area contributed by atoms with Crippen LogP contribution in [-0.2, 0) is 13.0 Å². The van der Waals surface area contributed by atoms with Gasteiger partial charge in [0.1, 0.15) is 0 Å². The fraction of sp³-hybridized carbons (Fsp3) is 0.500. The van der Waals surface area contributed by atoms with Gasteiger partial charge in [-0.15, -0.1) is 0 Å². The van der Waals surface area contributed by atoms with E-state index in [-0.39, 0.29) is 5.43 Å². The highest BCUT2D eigenvalue weighted by atomic mass is 16.1. The minimum atomic E-state index is 0.210. The number of aromatic nitrogens is 1. The third-order valence-electron chi connectivity index (χ3n) is 4.62. The Morgan fingerprint density at radius 2 is 1.95 bits per heavy atom. The van der Waals surface area contributed by atoms with Crippen molar-refractivity contribution in [2.24, 2.45) is 0 Å². The number of hydrogen-bond donors (Lipinski definition) is 1. The molecule has 1 aliphatic heterocycles. The Morgan fingerprint density at radius 3 is 2.67 bits per heavy atom. The maximum Gasteiger partial charge on any atom is 0.194 e. The lowest BCUT2D eigenvalue weighted by atomic mass is 10.0. The highest BCUT2D eigenvalue weighted by Gasteiger charge is 2.15. The molecular weight excluding hydrogens is 260 g/mol. The van der Waals surface area contributed by atoms with Gasteiger partial charge in [0, 0.05) is 28.7 Å². The van der Waals surface area contributed by atoms with E-state index in [0.29, 0.717) is 0 Å². The van der Waals surface area contributed by atoms with E-state index in [2.05, 4.69) is 22.9 Å². The second kappa shape index (κ2) is 6.02. The summed E-state index contributed by atoms with van der Waals surface area (Å²) in [4.78, 5) is 18.7. The molecule has 2 heterocycles. The van der Waals surface area contributed by atoms with E-state index in [9.17, 15) is 4.79 Å². The molecule has 1 N–H and O–H groups in total. The molecule has 1 aromatic heterocycles. The van der Waals surface area contributed by atoms with Gasteiger partial charge in [0.2, 0.25) is 0 Å². The van der Waals surface area contributed by atoms with Crippen molar-refractivity contribution in [1.82, 2.24) is 9.88 Å². The fourth-order valence-corrected chi connectivity index (χ4v) is 3.25. The Kier molecular flexibility index (Phi) is 4.11. The Bertz CT molecular complexity index is 696. The molecule has 3 rings (SSSR count). The summed E-state index contributed by atoms with van der Waals surface area (Å²) in [5.41, 5.74) is 4.35. The summed E-state index contributed by atoms with van der Waals surface area (Å²) in [5.74, 6) is 0. The second-order valence-electron chi connectivity index (χ2n) is 6.13. The Balaban J connectivity index is 2.02. The molecule has 3 heteroatoms. The summed E-state index contributed by atoms with van der Waals surface area (Å²) in [5, 5.41) is 0.840. The van der Waals surface area contributed by atoms with E-state index < -0.39 is 0 Å². The van der Waals surface area contributed by atoms with E-state index in [4.69, 9.17) is 0 Å². The zero-order valence-corrected chi connectivity index (χ0v) is 13.0. The largest absolute Gasteiger partial charge is 0.358 e. The zero-order chi connectivity index (χ0) is 14.8. The highest BCUT2D eigenvalue weighted by molar-refractivity contribution is 5.80. The van der Waals surface area contributed by atoms with Gasteiger partial charge in [-0.3, -0.25) is 9.69 Å². The molecule has 2 aromatic rings. The Morgan fingerprint density at radius 1 is 1.19 bits per heavy atom. The van der Waals surface area contributed by atoms with Crippen LogP contribution < -0.4 is 5.43 Å². The number of likely N-dealkylation sites (tertiary alicyclic amines) is 1. The van der Waals surface area contributed by atoms with Gasteiger partial charge in [0.05, 0.1) is 0 Å². The van der Waals surface area contributed by atoms with E-state index in [1.807, 2.05) is 19.1 Å². The van der Waals surface area contributed by atoms with Gasteiger partial charge in [-0.1, -0.05) is 19.4 Å². The van der Waals surface area contributed by atoms with Crippen LogP contribution in [0.3, 0.4) is 0 Å². The quantitative estimate of drug-likeness (QED) is 0.938. The van der Waals surface area contributed by atoms with Crippen molar-refractivity contribution < 1.29 is 0 Å². The fourth-order valence-electron chi connectivity index (χ4n) is 3.25. The minimum Gasteiger partial charge on any atom is -0.358 e. The molecule has 112 valence electrons. The maximum absolute atomic E-state index is 12.8. The van der Waals surface area contributed by atoms with Crippen molar-refractivity contribution in [3.63, 3.8) is 0 Å². The standard InChI is InChI=1S/C18H24N2O/c1-3-14-7-8-17-15(11-14)18(21)16(13(2)19-17)12-20-9-5-4-6-10-20/h7-8,11H,3-6,9-10,12H2,1-2H3,(H,19,21). The van der Waals surface area contributed by atoms with Crippen molar-refractivity contribution in [3.8, 4) is 0 Å². The number of nitrogens with one attached hydrogen (secondary N) is 1. The zero-order valence-electron chi connectivity index (χ0n) is 13.0. The number of hydrogen-bond acceptors (Lipinski definition) is 2. The number of fused-ring (bicyclic) bond motifs is 1. The summed E-state index contributed by atoms with van der Waals surface area (Å²) < 4.78 is 0.